The number of carbonyl (C=O) groups excluding carboxylic acids is 1. The summed E-state index contributed by atoms with van der Waals surface area (Å²) < 4.78 is 0. The van der Waals surface area contributed by atoms with E-state index < -0.39 is 0 Å². The van der Waals surface area contributed by atoms with Gasteiger partial charge in [-0.1, -0.05) is 37.3 Å². The highest BCUT2D eigenvalue weighted by molar-refractivity contribution is 5.76. The normalized spacial score (nSPS) is 10.2. The van der Waals surface area contributed by atoms with Crippen molar-refractivity contribution in [1.82, 2.24) is 10.2 Å². The minimum Gasteiger partial charge on any atom is -0.339 e. The first kappa shape index (κ1) is 13.7. The molecule has 0 aliphatic rings. The molecule has 3 nitrogen and oxygen atoms in total. The van der Waals surface area contributed by atoms with Crippen molar-refractivity contribution < 1.29 is 4.79 Å². The Morgan fingerprint density at radius 3 is 2.53 bits per heavy atom. The van der Waals surface area contributed by atoms with Crippen LogP contribution in [0, 0.1) is 0 Å². The third-order valence-electron chi connectivity index (χ3n) is 2.72. The molecule has 94 valence electrons. The molecular formula is C14H22N2O. The molecule has 1 aromatic rings. The molecule has 1 N–H and O–H groups in total. The van der Waals surface area contributed by atoms with E-state index in [1.165, 1.54) is 5.56 Å². The molecule has 0 atom stereocenters. The zero-order valence-corrected chi connectivity index (χ0v) is 10.8. The van der Waals surface area contributed by atoms with Gasteiger partial charge in [0.15, 0.2) is 0 Å². The Morgan fingerprint density at radius 1 is 1.24 bits per heavy atom. The van der Waals surface area contributed by atoms with E-state index in [1.807, 2.05) is 36.9 Å². The van der Waals surface area contributed by atoms with Crippen LogP contribution in [0.15, 0.2) is 30.3 Å². The molecule has 0 aromatic heterocycles. The van der Waals surface area contributed by atoms with Gasteiger partial charge in [0.05, 0.1) is 0 Å². The minimum absolute atomic E-state index is 0.220. The fraction of sp³-hybridized carbons (Fsp3) is 0.500. The van der Waals surface area contributed by atoms with Crippen LogP contribution in [0.2, 0.25) is 0 Å². The van der Waals surface area contributed by atoms with E-state index in [2.05, 4.69) is 17.4 Å². The molecule has 0 aliphatic carbocycles. The van der Waals surface area contributed by atoms with Gasteiger partial charge in [-0.05, 0) is 19.0 Å². The monoisotopic (exact) mass is 234 g/mol. The van der Waals surface area contributed by atoms with Gasteiger partial charge in [0.2, 0.25) is 5.91 Å². The van der Waals surface area contributed by atoms with Crippen molar-refractivity contribution in [3.8, 4) is 0 Å². The summed E-state index contributed by atoms with van der Waals surface area (Å²) in [6, 6.07) is 10.1. The van der Waals surface area contributed by atoms with Crippen LogP contribution < -0.4 is 5.32 Å². The summed E-state index contributed by atoms with van der Waals surface area (Å²) in [6.45, 7) is 7.22. The van der Waals surface area contributed by atoms with E-state index >= 15 is 0 Å². The van der Waals surface area contributed by atoms with Crippen LogP contribution in [0.5, 0.6) is 0 Å². The Bertz CT molecular complexity index is 324. The molecular weight excluding hydrogens is 212 g/mol. The predicted molar refractivity (Wildman–Crippen MR) is 70.7 cm³/mol. The second kappa shape index (κ2) is 7.85. The molecule has 0 heterocycles. The number of carbonyl (C=O) groups is 1. The molecule has 0 fully saturated rings. The summed E-state index contributed by atoms with van der Waals surface area (Å²) in [5.74, 6) is 0.220. The second-order valence-electron chi connectivity index (χ2n) is 4.00. The van der Waals surface area contributed by atoms with Gasteiger partial charge >= 0.3 is 0 Å². The van der Waals surface area contributed by atoms with Crippen LogP contribution in [-0.4, -0.2) is 30.4 Å². The molecule has 0 saturated carbocycles. The van der Waals surface area contributed by atoms with Crippen LogP contribution in [-0.2, 0) is 11.3 Å². The van der Waals surface area contributed by atoms with Crippen molar-refractivity contribution in [2.45, 2.75) is 26.8 Å². The molecule has 1 aromatic carbocycles. The van der Waals surface area contributed by atoms with Gasteiger partial charge in [-0.3, -0.25) is 4.79 Å². The van der Waals surface area contributed by atoms with E-state index in [9.17, 15) is 4.79 Å². The Morgan fingerprint density at radius 2 is 1.94 bits per heavy atom. The van der Waals surface area contributed by atoms with Crippen molar-refractivity contribution in [2.75, 3.05) is 19.6 Å². The molecule has 0 spiro atoms. The predicted octanol–water partition coefficient (Wildman–Crippen LogP) is 2.03. The van der Waals surface area contributed by atoms with Gasteiger partial charge in [0.1, 0.15) is 0 Å². The fourth-order valence-corrected chi connectivity index (χ4v) is 1.71. The SMILES string of the molecule is CCNCCC(=O)N(CC)Cc1ccccc1. The molecule has 1 amide bonds. The minimum atomic E-state index is 0.220. The maximum Gasteiger partial charge on any atom is 0.224 e. The van der Waals surface area contributed by atoms with Gasteiger partial charge < -0.3 is 10.2 Å². The number of hydrogen-bond donors (Lipinski definition) is 1. The standard InChI is InChI=1S/C14H22N2O/c1-3-15-11-10-14(17)16(4-2)12-13-8-6-5-7-9-13/h5-9,15H,3-4,10-12H2,1-2H3. The lowest BCUT2D eigenvalue weighted by atomic mass is 10.2. The quantitative estimate of drug-likeness (QED) is 0.732. The number of amides is 1. The van der Waals surface area contributed by atoms with Gasteiger partial charge in [0.25, 0.3) is 0 Å². The van der Waals surface area contributed by atoms with Crippen molar-refractivity contribution in [2.24, 2.45) is 0 Å². The smallest absolute Gasteiger partial charge is 0.224 e. The first-order valence-electron chi connectivity index (χ1n) is 6.30. The number of nitrogens with zero attached hydrogens (tertiary/aromatic N) is 1. The second-order valence-corrected chi connectivity index (χ2v) is 4.00. The Balaban J connectivity index is 2.45. The van der Waals surface area contributed by atoms with E-state index in [1.54, 1.807) is 0 Å². The fourth-order valence-electron chi connectivity index (χ4n) is 1.71. The average Bonchev–Trinajstić information content (AvgIpc) is 2.37. The summed E-state index contributed by atoms with van der Waals surface area (Å²) in [6.07, 6.45) is 0.578. The number of rotatable bonds is 7. The first-order chi connectivity index (χ1) is 8.27. The highest BCUT2D eigenvalue weighted by Gasteiger charge is 2.10. The lowest BCUT2D eigenvalue weighted by molar-refractivity contribution is -0.131. The summed E-state index contributed by atoms with van der Waals surface area (Å²) >= 11 is 0. The lowest BCUT2D eigenvalue weighted by Gasteiger charge is -2.21. The summed E-state index contributed by atoms with van der Waals surface area (Å²) in [5.41, 5.74) is 1.19. The molecule has 0 aliphatic heterocycles. The van der Waals surface area contributed by atoms with Crippen molar-refractivity contribution >= 4 is 5.91 Å². The van der Waals surface area contributed by atoms with Crippen molar-refractivity contribution in [1.29, 1.82) is 0 Å². The van der Waals surface area contributed by atoms with E-state index in [0.717, 1.165) is 19.6 Å². The largest absolute Gasteiger partial charge is 0.339 e. The van der Waals surface area contributed by atoms with Crippen LogP contribution in [0.1, 0.15) is 25.8 Å². The van der Waals surface area contributed by atoms with Gasteiger partial charge in [0, 0.05) is 26.1 Å². The van der Waals surface area contributed by atoms with E-state index in [0.29, 0.717) is 13.0 Å². The van der Waals surface area contributed by atoms with Gasteiger partial charge in [-0.25, -0.2) is 0 Å². The third kappa shape index (κ3) is 5.00. The maximum absolute atomic E-state index is 11.9. The number of nitrogens with one attached hydrogen (secondary N) is 1. The highest BCUT2D eigenvalue weighted by Crippen LogP contribution is 2.05. The van der Waals surface area contributed by atoms with Crippen LogP contribution in [0.25, 0.3) is 0 Å². The summed E-state index contributed by atoms with van der Waals surface area (Å²) in [7, 11) is 0. The molecule has 0 unspecified atom stereocenters. The van der Waals surface area contributed by atoms with Crippen molar-refractivity contribution in [3.63, 3.8) is 0 Å². The Hall–Kier alpha value is -1.35. The molecule has 3 heteroatoms. The van der Waals surface area contributed by atoms with Gasteiger partial charge in [-0.15, -0.1) is 0 Å². The highest BCUT2D eigenvalue weighted by atomic mass is 16.2. The molecule has 0 saturated heterocycles. The van der Waals surface area contributed by atoms with E-state index in [-0.39, 0.29) is 5.91 Å². The number of hydrogen-bond acceptors (Lipinski definition) is 2. The molecule has 17 heavy (non-hydrogen) atoms. The van der Waals surface area contributed by atoms with Crippen LogP contribution in [0.4, 0.5) is 0 Å². The lowest BCUT2D eigenvalue weighted by Crippen LogP contribution is -2.32. The first-order valence-corrected chi connectivity index (χ1v) is 6.30. The van der Waals surface area contributed by atoms with Crippen LogP contribution in [0.3, 0.4) is 0 Å². The average molecular weight is 234 g/mol. The van der Waals surface area contributed by atoms with Gasteiger partial charge in [-0.2, -0.15) is 0 Å². The molecule has 0 radical (unpaired) electrons. The molecule has 0 bridgehead atoms. The maximum atomic E-state index is 11.9. The zero-order chi connectivity index (χ0) is 12.5. The summed E-state index contributed by atoms with van der Waals surface area (Å²) in [4.78, 5) is 13.8. The Labute approximate surface area is 104 Å². The topological polar surface area (TPSA) is 32.3 Å². The third-order valence-corrected chi connectivity index (χ3v) is 2.72. The number of benzene rings is 1. The molecule has 1 rings (SSSR count). The van der Waals surface area contributed by atoms with Crippen molar-refractivity contribution in [3.05, 3.63) is 35.9 Å². The zero-order valence-electron chi connectivity index (χ0n) is 10.8. The van der Waals surface area contributed by atoms with E-state index in [4.69, 9.17) is 0 Å². The van der Waals surface area contributed by atoms with Crippen LogP contribution >= 0.6 is 0 Å². The summed E-state index contributed by atoms with van der Waals surface area (Å²) in [5, 5.41) is 3.17. The Kier molecular flexibility index (Phi) is 6.33.